The van der Waals surface area contributed by atoms with Gasteiger partial charge in [0, 0.05) is 11.8 Å². The minimum atomic E-state index is 0.0152. The van der Waals surface area contributed by atoms with Crippen molar-refractivity contribution in [3.05, 3.63) is 0 Å². The molecule has 2 fully saturated rings. The molecule has 2 nitrogen and oxygen atoms in total. The lowest BCUT2D eigenvalue weighted by atomic mass is 9.70. The van der Waals surface area contributed by atoms with Crippen LogP contribution in [-0.2, 0) is 9.53 Å². The largest absolute Gasteiger partial charge is 0.462 e. The summed E-state index contributed by atoms with van der Waals surface area (Å²) in [6.45, 7) is 9.13. The first-order valence-corrected chi connectivity index (χ1v) is 7.11. The lowest BCUT2D eigenvalue weighted by molar-refractivity contribution is -0.157. The maximum absolute atomic E-state index is 11.8. The van der Waals surface area contributed by atoms with Crippen LogP contribution in [0.25, 0.3) is 0 Å². The standard InChI is InChI=1S/C15H26O2/c1-5-6-7-13(16)17-12-10-11-8-9-15(12,4)14(11,2)3/h11-12H,5-10H2,1-4H3/t11?,12-,15?/m1/s1. The Morgan fingerprint density at radius 3 is 2.53 bits per heavy atom. The molecule has 0 radical (unpaired) electrons. The minimum absolute atomic E-state index is 0.0152. The second kappa shape index (κ2) is 4.29. The van der Waals surface area contributed by atoms with Crippen LogP contribution in [0.3, 0.4) is 0 Å². The van der Waals surface area contributed by atoms with E-state index in [4.69, 9.17) is 4.74 Å². The summed E-state index contributed by atoms with van der Waals surface area (Å²) < 4.78 is 5.75. The van der Waals surface area contributed by atoms with Gasteiger partial charge in [-0.15, -0.1) is 0 Å². The van der Waals surface area contributed by atoms with Crippen LogP contribution in [0.1, 0.15) is 66.2 Å². The Balaban J connectivity index is 1.98. The van der Waals surface area contributed by atoms with Crippen molar-refractivity contribution in [1.29, 1.82) is 0 Å². The van der Waals surface area contributed by atoms with E-state index in [0.717, 1.165) is 25.2 Å². The Morgan fingerprint density at radius 2 is 2.06 bits per heavy atom. The lowest BCUT2D eigenvalue weighted by Gasteiger charge is -2.38. The average molecular weight is 238 g/mol. The molecule has 0 amide bonds. The van der Waals surface area contributed by atoms with Gasteiger partial charge in [-0.25, -0.2) is 0 Å². The summed E-state index contributed by atoms with van der Waals surface area (Å²) in [5, 5.41) is 0. The highest BCUT2D eigenvalue weighted by molar-refractivity contribution is 5.69. The zero-order valence-electron chi connectivity index (χ0n) is 11.7. The number of hydrogen-bond donors (Lipinski definition) is 0. The first-order valence-electron chi connectivity index (χ1n) is 7.11. The third-order valence-corrected chi connectivity index (χ3v) is 5.72. The maximum atomic E-state index is 11.8. The molecule has 0 aromatic carbocycles. The zero-order valence-corrected chi connectivity index (χ0v) is 11.7. The van der Waals surface area contributed by atoms with E-state index in [1.807, 2.05) is 0 Å². The fraction of sp³-hybridized carbons (Fsp3) is 0.933. The first-order chi connectivity index (χ1) is 7.91. The molecule has 0 N–H and O–H groups in total. The van der Waals surface area contributed by atoms with E-state index in [1.165, 1.54) is 12.8 Å². The van der Waals surface area contributed by atoms with Crippen molar-refractivity contribution >= 4 is 5.97 Å². The molecule has 3 atom stereocenters. The predicted molar refractivity (Wildman–Crippen MR) is 68.6 cm³/mol. The third-order valence-electron chi connectivity index (χ3n) is 5.72. The molecular weight excluding hydrogens is 212 g/mol. The first kappa shape index (κ1) is 12.9. The summed E-state index contributed by atoms with van der Waals surface area (Å²) in [6.07, 6.45) is 6.39. The van der Waals surface area contributed by atoms with Crippen LogP contribution in [0.15, 0.2) is 0 Å². The van der Waals surface area contributed by atoms with Gasteiger partial charge in [-0.2, -0.15) is 0 Å². The summed E-state index contributed by atoms with van der Waals surface area (Å²) in [7, 11) is 0. The van der Waals surface area contributed by atoms with Gasteiger partial charge in [-0.3, -0.25) is 4.79 Å². The topological polar surface area (TPSA) is 26.3 Å². The van der Waals surface area contributed by atoms with Crippen molar-refractivity contribution in [2.75, 3.05) is 0 Å². The Labute approximate surface area is 105 Å². The van der Waals surface area contributed by atoms with E-state index in [9.17, 15) is 4.79 Å². The molecular formula is C15H26O2. The Bertz CT molecular complexity index is 308. The van der Waals surface area contributed by atoms with Gasteiger partial charge >= 0.3 is 5.97 Å². The summed E-state index contributed by atoms with van der Waals surface area (Å²) >= 11 is 0. The molecule has 0 aromatic heterocycles. The highest BCUT2D eigenvalue weighted by Gasteiger charge is 2.62. The van der Waals surface area contributed by atoms with Crippen molar-refractivity contribution in [2.45, 2.75) is 72.3 Å². The average Bonchev–Trinajstić information content (AvgIpc) is 2.59. The summed E-state index contributed by atoms with van der Waals surface area (Å²) in [6, 6.07) is 0. The van der Waals surface area contributed by atoms with Gasteiger partial charge in [0.05, 0.1) is 0 Å². The molecule has 2 aliphatic carbocycles. The van der Waals surface area contributed by atoms with Crippen LogP contribution in [-0.4, -0.2) is 12.1 Å². The van der Waals surface area contributed by atoms with Crippen molar-refractivity contribution < 1.29 is 9.53 Å². The molecule has 2 saturated carbocycles. The number of carbonyl (C=O) groups is 1. The Hall–Kier alpha value is -0.530. The SMILES string of the molecule is CCCCC(=O)O[C@@H]1CC2CCC1(C)C2(C)C. The molecule has 0 aliphatic heterocycles. The fourth-order valence-electron chi connectivity index (χ4n) is 3.85. The van der Waals surface area contributed by atoms with Crippen molar-refractivity contribution in [3.63, 3.8) is 0 Å². The number of esters is 1. The monoisotopic (exact) mass is 238 g/mol. The van der Waals surface area contributed by atoms with Crippen molar-refractivity contribution in [2.24, 2.45) is 16.7 Å². The number of hydrogen-bond acceptors (Lipinski definition) is 2. The molecule has 0 aromatic rings. The quantitative estimate of drug-likeness (QED) is 0.694. The highest BCUT2D eigenvalue weighted by Crippen LogP contribution is 2.66. The van der Waals surface area contributed by atoms with Crippen LogP contribution in [0, 0.1) is 16.7 Å². The summed E-state index contributed by atoms with van der Waals surface area (Å²) in [5.74, 6) is 0.762. The second-order valence-corrected chi connectivity index (χ2v) is 6.69. The van der Waals surface area contributed by atoms with Crippen molar-refractivity contribution in [1.82, 2.24) is 0 Å². The maximum Gasteiger partial charge on any atom is 0.306 e. The minimum Gasteiger partial charge on any atom is -0.462 e. The van der Waals surface area contributed by atoms with E-state index in [-0.39, 0.29) is 17.5 Å². The number of unbranched alkanes of at least 4 members (excludes halogenated alkanes) is 1. The normalized spacial score (nSPS) is 38.4. The van der Waals surface area contributed by atoms with Crippen LogP contribution in [0.4, 0.5) is 0 Å². The highest BCUT2D eigenvalue weighted by atomic mass is 16.5. The van der Waals surface area contributed by atoms with Gasteiger partial charge in [0.2, 0.25) is 0 Å². The van der Waals surface area contributed by atoms with E-state index in [0.29, 0.717) is 11.8 Å². The fourth-order valence-corrected chi connectivity index (χ4v) is 3.85. The molecule has 2 aliphatic rings. The second-order valence-electron chi connectivity index (χ2n) is 6.69. The van der Waals surface area contributed by atoms with E-state index < -0.39 is 0 Å². The lowest BCUT2D eigenvalue weighted by Crippen LogP contribution is -2.38. The van der Waals surface area contributed by atoms with E-state index in [1.54, 1.807) is 0 Å². The van der Waals surface area contributed by atoms with Gasteiger partial charge in [0.1, 0.15) is 6.10 Å². The molecule has 0 spiro atoms. The number of fused-ring (bicyclic) bond motifs is 2. The van der Waals surface area contributed by atoms with E-state index in [2.05, 4.69) is 27.7 Å². The van der Waals surface area contributed by atoms with E-state index >= 15 is 0 Å². The smallest absolute Gasteiger partial charge is 0.306 e. The van der Waals surface area contributed by atoms with Gasteiger partial charge in [-0.1, -0.05) is 34.1 Å². The molecule has 0 saturated heterocycles. The molecule has 2 unspecified atom stereocenters. The van der Waals surface area contributed by atoms with Gasteiger partial charge in [-0.05, 0) is 37.0 Å². The van der Waals surface area contributed by atoms with Gasteiger partial charge in [0.25, 0.3) is 0 Å². The van der Waals surface area contributed by atoms with Crippen LogP contribution in [0.5, 0.6) is 0 Å². The van der Waals surface area contributed by atoms with Gasteiger partial charge < -0.3 is 4.74 Å². The number of rotatable bonds is 4. The molecule has 98 valence electrons. The van der Waals surface area contributed by atoms with Gasteiger partial charge in [0.15, 0.2) is 0 Å². The van der Waals surface area contributed by atoms with Crippen LogP contribution >= 0.6 is 0 Å². The Morgan fingerprint density at radius 1 is 1.35 bits per heavy atom. The number of ether oxygens (including phenoxy) is 1. The predicted octanol–water partition coefficient (Wildman–Crippen LogP) is 3.93. The molecule has 2 heteroatoms. The molecule has 0 heterocycles. The number of carbonyl (C=O) groups excluding carboxylic acids is 1. The molecule has 2 rings (SSSR count). The van der Waals surface area contributed by atoms with Crippen LogP contribution < -0.4 is 0 Å². The zero-order chi connectivity index (χ0) is 12.7. The van der Waals surface area contributed by atoms with Crippen molar-refractivity contribution in [3.8, 4) is 0 Å². The Kier molecular flexibility index (Phi) is 3.26. The third kappa shape index (κ3) is 1.90. The summed E-state index contributed by atoms with van der Waals surface area (Å²) in [4.78, 5) is 11.8. The molecule has 17 heavy (non-hydrogen) atoms. The molecule has 2 bridgehead atoms. The summed E-state index contributed by atoms with van der Waals surface area (Å²) in [5.41, 5.74) is 0.544. The van der Waals surface area contributed by atoms with Crippen LogP contribution in [0.2, 0.25) is 0 Å².